The molecule has 2 rings (SSSR count). The third-order valence-electron chi connectivity index (χ3n) is 3.69. The van der Waals surface area contributed by atoms with E-state index in [-0.39, 0.29) is 17.6 Å². The van der Waals surface area contributed by atoms with Crippen LogP contribution in [0.15, 0.2) is 18.2 Å². The first-order valence-corrected chi connectivity index (χ1v) is 7.51. The molecule has 0 aromatic heterocycles. The second-order valence-corrected chi connectivity index (χ2v) is 6.78. The highest BCUT2D eigenvalue weighted by atomic mass is 16.5. The Labute approximate surface area is 127 Å². The Morgan fingerprint density at radius 3 is 2.57 bits per heavy atom. The summed E-state index contributed by atoms with van der Waals surface area (Å²) in [5.74, 6) is 1.61. The summed E-state index contributed by atoms with van der Waals surface area (Å²) in [5.41, 5.74) is 1.34. The van der Waals surface area contributed by atoms with Crippen molar-refractivity contribution < 1.29 is 14.2 Å². The minimum atomic E-state index is 0.0203. The van der Waals surface area contributed by atoms with Crippen LogP contribution in [0.3, 0.4) is 0 Å². The molecule has 0 amide bonds. The van der Waals surface area contributed by atoms with Gasteiger partial charge in [-0.1, -0.05) is 20.8 Å². The van der Waals surface area contributed by atoms with Crippen LogP contribution in [-0.2, 0) is 4.74 Å². The lowest BCUT2D eigenvalue weighted by molar-refractivity contribution is -0.0560. The molecule has 4 heteroatoms. The number of ether oxygens (including phenoxy) is 3. The molecule has 1 aromatic carbocycles. The molecule has 1 saturated heterocycles. The van der Waals surface area contributed by atoms with Crippen LogP contribution >= 0.6 is 0 Å². The lowest BCUT2D eigenvalue weighted by Crippen LogP contribution is -2.42. The molecule has 1 aromatic rings. The fraction of sp³-hybridized carbons (Fsp3) is 0.647. The Morgan fingerprint density at radius 2 is 1.95 bits per heavy atom. The van der Waals surface area contributed by atoms with E-state index < -0.39 is 0 Å². The molecule has 0 bridgehead atoms. The predicted molar refractivity (Wildman–Crippen MR) is 84.1 cm³/mol. The fourth-order valence-electron chi connectivity index (χ4n) is 2.77. The highest BCUT2D eigenvalue weighted by Crippen LogP contribution is 2.34. The largest absolute Gasteiger partial charge is 0.497 e. The summed E-state index contributed by atoms with van der Waals surface area (Å²) in [5, 5.41) is 3.47. The van der Waals surface area contributed by atoms with E-state index in [1.165, 1.54) is 0 Å². The van der Waals surface area contributed by atoms with Crippen LogP contribution in [0.4, 0.5) is 0 Å². The molecule has 2 atom stereocenters. The Balaban J connectivity index is 2.14. The van der Waals surface area contributed by atoms with E-state index in [0.717, 1.165) is 36.6 Å². The van der Waals surface area contributed by atoms with E-state index in [1.54, 1.807) is 14.2 Å². The van der Waals surface area contributed by atoms with E-state index in [1.807, 2.05) is 18.2 Å². The van der Waals surface area contributed by atoms with Crippen molar-refractivity contribution in [3.05, 3.63) is 23.8 Å². The van der Waals surface area contributed by atoms with Gasteiger partial charge in [-0.05, 0) is 24.0 Å². The SMILES string of the molecule is COc1ccc(C2CNCC(CC(C)(C)C)O2)c(OC)c1. The Hall–Kier alpha value is -1.26. The van der Waals surface area contributed by atoms with Gasteiger partial charge in [-0.15, -0.1) is 0 Å². The van der Waals surface area contributed by atoms with Crippen molar-refractivity contribution in [1.82, 2.24) is 5.32 Å². The summed E-state index contributed by atoms with van der Waals surface area (Å²) < 4.78 is 17.0. The normalized spacial score (nSPS) is 22.9. The average Bonchev–Trinajstić information content (AvgIpc) is 2.45. The van der Waals surface area contributed by atoms with Crippen LogP contribution in [0.25, 0.3) is 0 Å². The van der Waals surface area contributed by atoms with E-state index >= 15 is 0 Å². The van der Waals surface area contributed by atoms with Gasteiger partial charge in [-0.2, -0.15) is 0 Å². The molecule has 2 unspecified atom stereocenters. The summed E-state index contributed by atoms with van der Waals surface area (Å²) in [6, 6.07) is 5.89. The number of benzene rings is 1. The quantitative estimate of drug-likeness (QED) is 0.925. The number of methoxy groups -OCH3 is 2. The molecule has 118 valence electrons. The first kappa shape index (κ1) is 16.1. The van der Waals surface area contributed by atoms with Gasteiger partial charge in [0.2, 0.25) is 0 Å². The summed E-state index contributed by atoms with van der Waals surface area (Å²) in [4.78, 5) is 0. The molecule has 0 aliphatic carbocycles. The number of hydrogen-bond donors (Lipinski definition) is 1. The van der Waals surface area contributed by atoms with Gasteiger partial charge >= 0.3 is 0 Å². The monoisotopic (exact) mass is 293 g/mol. The molecule has 1 aliphatic rings. The Bertz CT molecular complexity index is 468. The molecule has 0 saturated carbocycles. The van der Waals surface area contributed by atoms with Crippen LogP contribution < -0.4 is 14.8 Å². The van der Waals surface area contributed by atoms with E-state index in [0.29, 0.717) is 0 Å². The third-order valence-corrected chi connectivity index (χ3v) is 3.69. The lowest BCUT2D eigenvalue weighted by Gasteiger charge is -2.35. The summed E-state index contributed by atoms with van der Waals surface area (Å²) in [7, 11) is 3.34. The number of hydrogen-bond acceptors (Lipinski definition) is 4. The van der Waals surface area contributed by atoms with E-state index in [2.05, 4.69) is 26.1 Å². The van der Waals surface area contributed by atoms with Crippen molar-refractivity contribution in [2.45, 2.75) is 39.4 Å². The number of nitrogens with one attached hydrogen (secondary N) is 1. The zero-order chi connectivity index (χ0) is 15.5. The maximum absolute atomic E-state index is 6.28. The minimum absolute atomic E-state index is 0.0203. The number of morpholine rings is 1. The lowest BCUT2D eigenvalue weighted by atomic mass is 9.88. The smallest absolute Gasteiger partial charge is 0.128 e. The fourth-order valence-corrected chi connectivity index (χ4v) is 2.77. The van der Waals surface area contributed by atoms with Crippen molar-refractivity contribution >= 4 is 0 Å². The van der Waals surface area contributed by atoms with Gasteiger partial charge in [0, 0.05) is 24.7 Å². The maximum atomic E-state index is 6.28. The molecular weight excluding hydrogens is 266 g/mol. The first-order valence-electron chi connectivity index (χ1n) is 7.51. The second-order valence-electron chi connectivity index (χ2n) is 6.78. The highest BCUT2D eigenvalue weighted by Gasteiger charge is 2.28. The van der Waals surface area contributed by atoms with Crippen LogP contribution in [-0.4, -0.2) is 33.4 Å². The van der Waals surface area contributed by atoms with Crippen molar-refractivity contribution in [2.75, 3.05) is 27.3 Å². The molecule has 4 nitrogen and oxygen atoms in total. The first-order chi connectivity index (χ1) is 9.93. The second kappa shape index (κ2) is 6.67. The molecule has 1 heterocycles. The molecule has 1 N–H and O–H groups in total. The Kier molecular flexibility index (Phi) is 5.12. The van der Waals surface area contributed by atoms with E-state index in [4.69, 9.17) is 14.2 Å². The van der Waals surface area contributed by atoms with Gasteiger partial charge in [0.25, 0.3) is 0 Å². The molecule has 0 radical (unpaired) electrons. The topological polar surface area (TPSA) is 39.7 Å². The molecule has 1 fully saturated rings. The maximum Gasteiger partial charge on any atom is 0.128 e. The molecule has 1 aliphatic heterocycles. The van der Waals surface area contributed by atoms with Crippen molar-refractivity contribution in [3.8, 4) is 11.5 Å². The summed E-state index contributed by atoms with van der Waals surface area (Å²) in [6.45, 7) is 8.45. The molecular formula is C17H27NO3. The van der Waals surface area contributed by atoms with Gasteiger partial charge in [-0.3, -0.25) is 0 Å². The van der Waals surface area contributed by atoms with Gasteiger partial charge in [0.05, 0.1) is 26.4 Å². The van der Waals surface area contributed by atoms with Crippen LogP contribution in [0, 0.1) is 5.41 Å². The van der Waals surface area contributed by atoms with Gasteiger partial charge < -0.3 is 19.5 Å². The summed E-state index contributed by atoms with van der Waals surface area (Å²) >= 11 is 0. The highest BCUT2D eigenvalue weighted by molar-refractivity contribution is 5.42. The van der Waals surface area contributed by atoms with Crippen LogP contribution in [0.1, 0.15) is 38.9 Å². The van der Waals surface area contributed by atoms with Crippen molar-refractivity contribution in [2.24, 2.45) is 5.41 Å². The summed E-state index contributed by atoms with van der Waals surface area (Å²) in [6.07, 6.45) is 1.29. The van der Waals surface area contributed by atoms with Gasteiger partial charge in [-0.25, -0.2) is 0 Å². The van der Waals surface area contributed by atoms with Crippen LogP contribution in [0.2, 0.25) is 0 Å². The third kappa shape index (κ3) is 4.35. The number of rotatable bonds is 4. The van der Waals surface area contributed by atoms with Crippen LogP contribution in [0.5, 0.6) is 11.5 Å². The van der Waals surface area contributed by atoms with Gasteiger partial charge in [0.1, 0.15) is 11.5 Å². The predicted octanol–water partition coefficient (Wildman–Crippen LogP) is 3.17. The average molecular weight is 293 g/mol. The molecule has 0 spiro atoms. The van der Waals surface area contributed by atoms with Crippen molar-refractivity contribution in [1.29, 1.82) is 0 Å². The Morgan fingerprint density at radius 1 is 1.19 bits per heavy atom. The zero-order valence-corrected chi connectivity index (χ0v) is 13.7. The van der Waals surface area contributed by atoms with Gasteiger partial charge in [0.15, 0.2) is 0 Å². The van der Waals surface area contributed by atoms with Crippen molar-refractivity contribution in [3.63, 3.8) is 0 Å². The standard InChI is InChI=1S/C17H27NO3/c1-17(2,3)9-13-10-18-11-16(21-13)14-7-6-12(19-4)8-15(14)20-5/h6-8,13,16,18H,9-11H2,1-5H3. The molecule has 21 heavy (non-hydrogen) atoms. The zero-order valence-electron chi connectivity index (χ0n) is 13.7. The van der Waals surface area contributed by atoms with E-state index in [9.17, 15) is 0 Å². The minimum Gasteiger partial charge on any atom is -0.497 e.